The number of Topliss-reactive ketones (excluding diaryl/α,β-unsaturated/α-hetero) is 1. The molecule has 1 rings (SSSR count). The van der Waals surface area contributed by atoms with Crippen molar-refractivity contribution in [1.82, 2.24) is 4.90 Å². The molecule has 0 saturated carbocycles. The lowest BCUT2D eigenvalue weighted by Gasteiger charge is -2.34. The van der Waals surface area contributed by atoms with E-state index in [1.165, 1.54) is 0 Å². The van der Waals surface area contributed by atoms with E-state index in [-0.39, 0.29) is 17.8 Å². The number of esters is 1. The van der Waals surface area contributed by atoms with Crippen LogP contribution >= 0.6 is 0 Å². The number of rotatable bonds is 5. The summed E-state index contributed by atoms with van der Waals surface area (Å²) in [4.78, 5) is 24.6. The first-order valence-electron chi connectivity index (χ1n) is 6.02. The van der Waals surface area contributed by atoms with Gasteiger partial charge < -0.3 is 4.74 Å². The monoisotopic (exact) mass is 227 g/mol. The van der Waals surface area contributed by atoms with Crippen molar-refractivity contribution < 1.29 is 14.3 Å². The molecule has 92 valence electrons. The molecule has 0 amide bonds. The Bertz CT molecular complexity index is 253. The highest BCUT2D eigenvalue weighted by molar-refractivity contribution is 5.76. The van der Waals surface area contributed by atoms with E-state index in [0.717, 1.165) is 25.8 Å². The maximum Gasteiger partial charge on any atom is 0.320 e. The van der Waals surface area contributed by atoms with Crippen molar-refractivity contribution in [1.29, 1.82) is 0 Å². The molecule has 1 heterocycles. The molecule has 1 atom stereocenters. The molecule has 16 heavy (non-hydrogen) atoms. The van der Waals surface area contributed by atoms with Crippen molar-refractivity contribution >= 4 is 11.8 Å². The van der Waals surface area contributed by atoms with Crippen molar-refractivity contribution in [3.8, 4) is 0 Å². The predicted octanol–water partition coefficient (Wildman–Crippen LogP) is 1.38. The zero-order valence-corrected chi connectivity index (χ0v) is 10.2. The fourth-order valence-electron chi connectivity index (χ4n) is 2.20. The molecule has 0 aromatic heterocycles. The fraction of sp³-hybridized carbons (Fsp3) is 0.833. The van der Waals surface area contributed by atoms with Gasteiger partial charge in [-0.25, -0.2) is 0 Å². The minimum Gasteiger partial charge on any atom is -0.465 e. The molecule has 0 aliphatic carbocycles. The van der Waals surface area contributed by atoms with E-state index in [4.69, 9.17) is 4.74 Å². The zero-order chi connectivity index (χ0) is 12.0. The number of hydrogen-bond acceptors (Lipinski definition) is 4. The first-order valence-corrected chi connectivity index (χ1v) is 6.02. The van der Waals surface area contributed by atoms with Crippen molar-refractivity contribution in [2.24, 2.45) is 0 Å². The predicted molar refractivity (Wildman–Crippen MR) is 61.1 cm³/mol. The normalized spacial score (nSPS) is 21.8. The average molecular weight is 227 g/mol. The third-order valence-electron chi connectivity index (χ3n) is 2.91. The van der Waals surface area contributed by atoms with Gasteiger partial charge in [-0.3, -0.25) is 14.5 Å². The second-order valence-corrected chi connectivity index (χ2v) is 4.33. The molecule has 1 aliphatic rings. The van der Waals surface area contributed by atoms with Crippen molar-refractivity contribution in [2.45, 2.75) is 45.6 Å². The molecule has 0 radical (unpaired) electrons. The van der Waals surface area contributed by atoms with Gasteiger partial charge in [-0.2, -0.15) is 0 Å². The zero-order valence-electron chi connectivity index (χ0n) is 10.2. The van der Waals surface area contributed by atoms with Crippen molar-refractivity contribution in [2.75, 3.05) is 19.7 Å². The number of ether oxygens (including phenoxy) is 1. The van der Waals surface area contributed by atoms with E-state index in [1.807, 2.05) is 0 Å². The second-order valence-electron chi connectivity index (χ2n) is 4.33. The number of nitrogens with zero attached hydrogens (tertiary/aromatic N) is 1. The van der Waals surface area contributed by atoms with E-state index < -0.39 is 0 Å². The van der Waals surface area contributed by atoms with Gasteiger partial charge in [0.25, 0.3) is 0 Å². The molecule has 4 nitrogen and oxygen atoms in total. The molecule has 0 N–H and O–H groups in total. The molecule has 0 spiro atoms. The lowest BCUT2D eigenvalue weighted by Crippen LogP contribution is -2.43. The summed E-state index contributed by atoms with van der Waals surface area (Å²) in [5.41, 5.74) is 0. The Kier molecular flexibility index (Phi) is 5.46. The molecule has 1 saturated heterocycles. The minimum absolute atomic E-state index is 0.182. The van der Waals surface area contributed by atoms with Crippen LogP contribution in [-0.2, 0) is 14.3 Å². The van der Waals surface area contributed by atoms with Crippen LogP contribution in [0, 0.1) is 0 Å². The maximum atomic E-state index is 11.4. The summed E-state index contributed by atoms with van der Waals surface area (Å²) in [6.07, 6.45) is 3.82. The first-order chi connectivity index (χ1) is 7.63. The smallest absolute Gasteiger partial charge is 0.320 e. The van der Waals surface area contributed by atoms with Gasteiger partial charge in [-0.05, 0) is 33.2 Å². The lowest BCUT2D eigenvalue weighted by molar-refractivity contribution is -0.145. The van der Waals surface area contributed by atoms with Gasteiger partial charge in [0.05, 0.1) is 13.2 Å². The van der Waals surface area contributed by atoms with Gasteiger partial charge in [0, 0.05) is 12.5 Å². The van der Waals surface area contributed by atoms with Crippen molar-refractivity contribution in [3.63, 3.8) is 0 Å². The van der Waals surface area contributed by atoms with Gasteiger partial charge in [-0.1, -0.05) is 6.42 Å². The minimum atomic E-state index is -0.182. The van der Waals surface area contributed by atoms with Crippen LogP contribution in [0.25, 0.3) is 0 Å². The largest absolute Gasteiger partial charge is 0.465 e. The Balaban J connectivity index is 2.46. The Hall–Kier alpha value is -0.900. The summed E-state index contributed by atoms with van der Waals surface area (Å²) in [6.45, 7) is 5.06. The quantitative estimate of drug-likeness (QED) is 0.666. The standard InChI is InChI=1S/C12H21NO3/c1-3-16-12(15)9-13-7-5-4-6-11(13)8-10(2)14/h11H,3-9H2,1-2H3. The van der Waals surface area contributed by atoms with Gasteiger partial charge >= 0.3 is 5.97 Å². The molecule has 1 aliphatic heterocycles. The summed E-state index contributed by atoms with van der Waals surface area (Å²) < 4.78 is 4.93. The van der Waals surface area contributed by atoms with E-state index in [9.17, 15) is 9.59 Å². The van der Waals surface area contributed by atoms with Gasteiger partial charge in [-0.15, -0.1) is 0 Å². The summed E-state index contributed by atoms with van der Waals surface area (Å²) in [5, 5.41) is 0. The Morgan fingerprint density at radius 1 is 1.38 bits per heavy atom. The van der Waals surface area contributed by atoms with Crippen molar-refractivity contribution in [3.05, 3.63) is 0 Å². The highest BCUT2D eigenvalue weighted by Crippen LogP contribution is 2.19. The average Bonchev–Trinajstić information content (AvgIpc) is 2.20. The first kappa shape index (κ1) is 13.2. The summed E-state index contributed by atoms with van der Waals surface area (Å²) in [7, 11) is 0. The molecule has 1 unspecified atom stereocenters. The van der Waals surface area contributed by atoms with E-state index in [2.05, 4.69) is 4.90 Å². The topological polar surface area (TPSA) is 46.6 Å². The van der Waals surface area contributed by atoms with Crippen LogP contribution in [-0.4, -0.2) is 42.4 Å². The molecule has 1 fully saturated rings. The number of piperidine rings is 1. The van der Waals surface area contributed by atoms with Crippen LogP contribution in [0.4, 0.5) is 0 Å². The lowest BCUT2D eigenvalue weighted by atomic mass is 9.98. The molecule has 0 bridgehead atoms. The van der Waals surface area contributed by atoms with Crippen LogP contribution < -0.4 is 0 Å². The Morgan fingerprint density at radius 3 is 2.75 bits per heavy atom. The van der Waals surface area contributed by atoms with Gasteiger partial charge in [0.1, 0.15) is 5.78 Å². The van der Waals surface area contributed by atoms with E-state index >= 15 is 0 Å². The molecule has 0 aromatic rings. The van der Waals surface area contributed by atoms with Crippen LogP contribution in [0.2, 0.25) is 0 Å². The Morgan fingerprint density at radius 2 is 2.12 bits per heavy atom. The SMILES string of the molecule is CCOC(=O)CN1CCCCC1CC(C)=O. The van der Waals surface area contributed by atoms with Crippen LogP contribution in [0.1, 0.15) is 39.5 Å². The van der Waals surface area contributed by atoms with Crippen LogP contribution in [0.3, 0.4) is 0 Å². The molecular weight excluding hydrogens is 206 g/mol. The van der Waals surface area contributed by atoms with Gasteiger partial charge in [0.15, 0.2) is 0 Å². The second kappa shape index (κ2) is 6.63. The van der Waals surface area contributed by atoms with Crippen LogP contribution in [0.15, 0.2) is 0 Å². The summed E-state index contributed by atoms with van der Waals surface area (Å²) in [5.74, 6) is 0.0127. The van der Waals surface area contributed by atoms with Gasteiger partial charge in [0.2, 0.25) is 0 Å². The summed E-state index contributed by atoms with van der Waals surface area (Å²) in [6, 6.07) is 0.232. The Labute approximate surface area is 96.9 Å². The highest BCUT2D eigenvalue weighted by Gasteiger charge is 2.25. The third kappa shape index (κ3) is 4.31. The number of carbonyl (C=O) groups is 2. The molecule has 0 aromatic carbocycles. The number of likely N-dealkylation sites (tertiary alicyclic amines) is 1. The molecule has 4 heteroatoms. The van der Waals surface area contributed by atoms with Crippen LogP contribution in [0.5, 0.6) is 0 Å². The number of carbonyl (C=O) groups excluding carboxylic acids is 2. The van der Waals surface area contributed by atoms with E-state index in [0.29, 0.717) is 19.6 Å². The summed E-state index contributed by atoms with van der Waals surface area (Å²) >= 11 is 0. The molecular formula is C12H21NO3. The third-order valence-corrected chi connectivity index (χ3v) is 2.91. The number of ketones is 1. The maximum absolute atomic E-state index is 11.4. The highest BCUT2D eigenvalue weighted by atomic mass is 16.5. The number of hydrogen-bond donors (Lipinski definition) is 0. The van der Waals surface area contributed by atoms with E-state index in [1.54, 1.807) is 13.8 Å². The fourth-order valence-corrected chi connectivity index (χ4v) is 2.20.